The average molecular weight is 284 g/mol. The molecule has 4 aromatic rings. The smallest absolute Gasteiger partial charge is 0.0126 e. The summed E-state index contributed by atoms with van der Waals surface area (Å²) in [4.78, 5) is 0. The van der Waals surface area contributed by atoms with Gasteiger partial charge in [0.05, 0.1) is 0 Å². The third-order valence-corrected chi connectivity index (χ3v) is 4.51. The molecule has 0 aromatic heterocycles. The standard InChI is InChI=1S/C22H20/c1-22(2,3)21-10-6-9-17-13-18-11-15-7-4-5-8-16(15)12-19(18)14-20(17)21/h4-14H,1-3H3. The summed E-state index contributed by atoms with van der Waals surface area (Å²) in [6.07, 6.45) is 0. The zero-order valence-electron chi connectivity index (χ0n) is 13.4. The Hall–Kier alpha value is -2.34. The van der Waals surface area contributed by atoms with Gasteiger partial charge in [-0.25, -0.2) is 0 Å². The SMILES string of the molecule is CC(C)(C)c1cccc2cc3cc4ccccc4cc3cc12. The average Bonchev–Trinajstić information content (AvgIpc) is 2.49. The van der Waals surface area contributed by atoms with E-state index < -0.39 is 0 Å². The molecular weight excluding hydrogens is 264 g/mol. The van der Waals surface area contributed by atoms with E-state index in [0.717, 1.165) is 0 Å². The molecular formula is C22H20. The van der Waals surface area contributed by atoms with Crippen molar-refractivity contribution in [2.75, 3.05) is 0 Å². The maximum atomic E-state index is 2.36. The lowest BCUT2D eigenvalue weighted by atomic mass is 9.83. The van der Waals surface area contributed by atoms with Gasteiger partial charge in [0.2, 0.25) is 0 Å². The predicted octanol–water partition coefficient (Wildman–Crippen LogP) is 6.44. The molecule has 0 unspecified atom stereocenters. The van der Waals surface area contributed by atoms with Gasteiger partial charge >= 0.3 is 0 Å². The van der Waals surface area contributed by atoms with Crippen molar-refractivity contribution in [3.63, 3.8) is 0 Å². The van der Waals surface area contributed by atoms with Crippen LogP contribution in [0.3, 0.4) is 0 Å². The molecule has 0 fully saturated rings. The molecule has 4 rings (SSSR count). The van der Waals surface area contributed by atoms with Crippen LogP contribution in [0.25, 0.3) is 32.3 Å². The molecule has 0 N–H and O–H groups in total. The van der Waals surface area contributed by atoms with E-state index in [9.17, 15) is 0 Å². The Balaban J connectivity index is 2.13. The van der Waals surface area contributed by atoms with Crippen LogP contribution in [0.4, 0.5) is 0 Å². The summed E-state index contributed by atoms with van der Waals surface area (Å²) in [6, 6.07) is 24.5. The summed E-state index contributed by atoms with van der Waals surface area (Å²) < 4.78 is 0. The number of benzene rings is 4. The second-order valence-electron chi connectivity index (χ2n) is 7.18. The second-order valence-corrected chi connectivity index (χ2v) is 7.18. The molecule has 0 saturated carbocycles. The van der Waals surface area contributed by atoms with Gasteiger partial charge in [0.25, 0.3) is 0 Å². The van der Waals surface area contributed by atoms with E-state index in [0.29, 0.717) is 0 Å². The zero-order valence-corrected chi connectivity index (χ0v) is 13.4. The number of hydrogen-bond acceptors (Lipinski definition) is 0. The van der Waals surface area contributed by atoms with Crippen molar-refractivity contribution in [2.24, 2.45) is 0 Å². The first-order chi connectivity index (χ1) is 10.5. The van der Waals surface area contributed by atoms with Crippen molar-refractivity contribution in [1.29, 1.82) is 0 Å². The quantitative estimate of drug-likeness (QED) is 0.326. The van der Waals surface area contributed by atoms with Crippen molar-refractivity contribution in [3.8, 4) is 0 Å². The minimum absolute atomic E-state index is 0.157. The van der Waals surface area contributed by atoms with Crippen molar-refractivity contribution in [3.05, 3.63) is 72.3 Å². The lowest BCUT2D eigenvalue weighted by Crippen LogP contribution is -2.11. The first-order valence-corrected chi connectivity index (χ1v) is 7.88. The van der Waals surface area contributed by atoms with E-state index in [4.69, 9.17) is 0 Å². The fourth-order valence-corrected chi connectivity index (χ4v) is 3.37. The maximum Gasteiger partial charge on any atom is -0.0126 e. The van der Waals surface area contributed by atoms with E-state index in [-0.39, 0.29) is 5.41 Å². The lowest BCUT2D eigenvalue weighted by molar-refractivity contribution is 0.596. The summed E-state index contributed by atoms with van der Waals surface area (Å²) in [5.74, 6) is 0. The molecule has 0 aliphatic rings. The third kappa shape index (κ3) is 2.07. The van der Waals surface area contributed by atoms with Gasteiger partial charge in [-0.3, -0.25) is 0 Å². The summed E-state index contributed by atoms with van der Waals surface area (Å²) in [6.45, 7) is 6.85. The lowest BCUT2D eigenvalue weighted by Gasteiger charge is -2.21. The van der Waals surface area contributed by atoms with Crippen LogP contribution in [0.2, 0.25) is 0 Å². The number of hydrogen-bond donors (Lipinski definition) is 0. The first kappa shape index (κ1) is 13.3. The fourth-order valence-electron chi connectivity index (χ4n) is 3.37. The minimum atomic E-state index is 0.157. The molecule has 0 aliphatic carbocycles. The molecule has 0 atom stereocenters. The van der Waals surface area contributed by atoms with Gasteiger partial charge in [0.15, 0.2) is 0 Å². The maximum absolute atomic E-state index is 2.36. The van der Waals surface area contributed by atoms with Crippen LogP contribution in [0.15, 0.2) is 66.7 Å². The highest BCUT2D eigenvalue weighted by Gasteiger charge is 2.16. The Morgan fingerprint density at radius 3 is 1.73 bits per heavy atom. The van der Waals surface area contributed by atoms with Crippen molar-refractivity contribution >= 4 is 32.3 Å². The molecule has 0 radical (unpaired) electrons. The summed E-state index contributed by atoms with van der Waals surface area (Å²) >= 11 is 0. The Kier molecular flexibility index (Phi) is 2.77. The van der Waals surface area contributed by atoms with Crippen LogP contribution in [-0.2, 0) is 5.41 Å². The normalized spacial score (nSPS) is 12.3. The Labute approximate surface area is 131 Å². The van der Waals surface area contributed by atoms with Gasteiger partial charge in [-0.15, -0.1) is 0 Å². The molecule has 4 aromatic carbocycles. The molecule has 0 heteroatoms. The van der Waals surface area contributed by atoms with E-state index in [1.807, 2.05) is 0 Å². The highest BCUT2D eigenvalue weighted by molar-refractivity contribution is 6.05. The fraction of sp³-hybridized carbons (Fsp3) is 0.182. The zero-order chi connectivity index (χ0) is 15.3. The highest BCUT2D eigenvalue weighted by atomic mass is 14.2. The van der Waals surface area contributed by atoms with E-state index in [1.165, 1.54) is 37.9 Å². The highest BCUT2D eigenvalue weighted by Crippen LogP contribution is 2.33. The molecule has 22 heavy (non-hydrogen) atoms. The second kappa shape index (κ2) is 4.58. The minimum Gasteiger partial charge on any atom is -0.0616 e. The van der Waals surface area contributed by atoms with Gasteiger partial charge in [-0.05, 0) is 67.6 Å². The molecule has 0 saturated heterocycles. The Morgan fingerprint density at radius 1 is 0.545 bits per heavy atom. The summed E-state index contributed by atoms with van der Waals surface area (Å²) in [7, 11) is 0. The van der Waals surface area contributed by atoms with Gasteiger partial charge in [0, 0.05) is 0 Å². The molecule has 0 heterocycles. The molecule has 0 spiro atoms. The third-order valence-electron chi connectivity index (χ3n) is 4.51. The number of fused-ring (bicyclic) bond motifs is 3. The van der Waals surface area contributed by atoms with Crippen LogP contribution >= 0.6 is 0 Å². The van der Waals surface area contributed by atoms with Crippen molar-refractivity contribution < 1.29 is 0 Å². The van der Waals surface area contributed by atoms with Crippen LogP contribution in [0.1, 0.15) is 26.3 Å². The first-order valence-electron chi connectivity index (χ1n) is 7.88. The van der Waals surface area contributed by atoms with E-state index in [1.54, 1.807) is 0 Å². The van der Waals surface area contributed by atoms with Crippen LogP contribution < -0.4 is 0 Å². The molecule has 0 nitrogen and oxygen atoms in total. The van der Waals surface area contributed by atoms with Crippen molar-refractivity contribution in [1.82, 2.24) is 0 Å². The van der Waals surface area contributed by atoms with Gasteiger partial charge in [-0.1, -0.05) is 63.2 Å². The van der Waals surface area contributed by atoms with E-state index in [2.05, 4.69) is 87.5 Å². The summed E-state index contributed by atoms with van der Waals surface area (Å²) in [5.41, 5.74) is 1.57. The van der Waals surface area contributed by atoms with Crippen LogP contribution in [-0.4, -0.2) is 0 Å². The molecule has 0 aliphatic heterocycles. The van der Waals surface area contributed by atoms with Gasteiger partial charge in [0.1, 0.15) is 0 Å². The largest absolute Gasteiger partial charge is 0.0616 e. The Morgan fingerprint density at radius 2 is 1.09 bits per heavy atom. The van der Waals surface area contributed by atoms with Gasteiger partial charge < -0.3 is 0 Å². The Bertz CT molecular complexity index is 1000. The topological polar surface area (TPSA) is 0 Å². The molecule has 0 amide bonds. The number of rotatable bonds is 0. The summed E-state index contributed by atoms with van der Waals surface area (Å²) in [5, 5.41) is 7.96. The van der Waals surface area contributed by atoms with Crippen molar-refractivity contribution in [2.45, 2.75) is 26.2 Å². The van der Waals surface area contributed by atoms with E-state index >= 15 is 0 Å². The van der Waals surface area contributed by atoms with Gasteiger partial charge in [-0.2, -0.15) is 0 Å². The van der Waals surface area contributed by atoms with Crippen LogP contribution in [0, 0.1) is 0 Å². The molecule has 0 bridgehead atoms. The monoisotopic (exact) mass is 284 g/mol. The molecule has 108 valence electrons. The predicted molar refractivity (Wildman–Crippen MR) is 97.7 cm³/mol. The van der Waals surface area contributed by atoms with Crippen LogP contribution in [0.5, 0.6) is 0 Å².